The summed E-state index contributed by atoms with van der Waals surface area (Å²) in [5.41, 5.74) is 1.12. The monoisotopic (exact) mass is 191 g/mol. The van der Waals surface area contributed by atoms with E-state index in [9.17, 15) is 4.79 Å². The summed E-state index contributed by atoms with van der Waals surface area (Å²) in [4.78, 5) is 11.1. The zero-order chi connectivity index (χ0) is 9.97. The van der Waals surface area contributed by atoms with Crippen LogP contribution in [0, 0.1) is 0 Å². The molecule has 1 atom stereocenters. The van der Waals surface area contributed by atoms with Crippen molar-refractivity contribution in [3.05, 3.63) is 29.8 Å². The number of carbonyl (C=O) groups excluding carboxylic acids is 1. The average Bonchev–Trinajstić information content (AvgIpc) is 2.65. The Morgan fingerprint density at radius 1 is 1.43 bits per heavy atom. The molecule has 0 bridgehead atoms. The van der Waals surface area contributed by atoms with Crippen LogP contribution in [-0.2, 0) is 4.79 Å². The van der Waals surface area contributed by atoms with Crippen LogP contribution in [0.1, 0.15) is 17.9 Å². The molecule has 1 fully saturated rings. The van der Waals surface area contributed by atoms with Crippen LogP contribution in [0.2, 0.25) is 0 Å². The number of rotatable bonds is 2. The van der Waals surface area contributed by atoms with Gasteiger partial charge in [0.05, 0.1) is 7.11 Å². The number of carbonyl (C=O) groups is 1. The van der Waals surface area contributed by atoms with E-state index >= 15 is 0 Å². The first-order chi connectivity index (χ1) is 6.81. The first-order valence-electron chi connectivity index (χ1n) is 4.71. The van der Waals surface area contributed by atoms with Gasteiger partial charge in [0.2, 0.25) is 5.91 Å². The van der Waals surface area contributed by atoms with E-state index in [1.54, 1.807) is 7.11 Å². The van der Waals surface area contributed by atoms with Gasteiger partial charge in [-0.15, -0.1) is 0 Å². The summed E-state index contributed by atoms with van der Waals surface area (Å²) in [7, 11) is 1.66. The maximum Gasteiger partial charge on any atom is 0.220 e. The fourth-order valence-electron chi connectivity index (χ4n) is 1.83. The Hall–Kier alpha value is -1.51. The lowest BCUT2D eigenvalue weighted by Crippen LogP contribution is -2.13. The molecule has 1 aliphatic rings. The van der Waals surface area contributed by atoms with Crippen molar-refractivity contribution in [2.45, 2.75) is 12.3 Å². The van der Waals surface area contributed by atoms with Gasteiger partial charge in [-0.3, -0.25) is 4.79 Å². The molecule has 74 valence electrons. The van der Waals surface area contributed by atoms with E-state index in [1.807, 2.05) is 24.3 Å². The SMILES string of the molecule is COc1ccccc1[C@@H]1CNC(=O)C1. The second-order valence-corrected chi connectivity index (χ2v) is 3.45. The van der Waals surface area contributed by atoms with Gasteiger partial charge in [0.15, 0.2) is 0 Å². The number of ether oxygens (including phenoxy) is 1. The minimum Gasteiger partial charge on any atom is -0.496 e. The van der Waals surface area contributed by atoms with E-state index in [0.717, 1.165) is 17.9 Å². The smallest absolute Gasteiger partial charge is 0.220 e. The number of methoxy groups -OCH3 is 1. The largest absolute Gasteiger partial charge is 0.496 e. The summed E-state index contributed by atoms with van der Waals surface area (Å²) in [6.45, 7) is 0.721. The summed E-state index contributed by atoms with van der Waals surface area (Å²) in [6.07, 6.45) is 0.570. The van der Waals surface area contributed by atoms with E-state index in [4.69, 9.17) is 4.74 Å². The van der Waals surface area contributed by atoms with Crippen LogP contribution in [0.25, 0.3) is 0 Å². The van der Waals surface area contributed by atoms with Crippen molar-refractivity contribution in [1.29, 1.82) is 0 Å². The minimum atomic E-state index is 0.126. The summed E-state index contributed by atoms with van der Waals surface area (Å²) in [5.74, 6) is 1.26. The zero-order valence-electron chi connectivity index (χ0n) is 8.12. The highest BCUT2D eigenvalue weighted by molar-refractivity contribution is 5.79. The molecule has 0 aromatic heterocycles. The summed E-state index contributed by atoms with van der Waals surface area (Å²) >= 11 is 0. The van der Waals surface area contributed by atoms with Gasteiger partial charge in [-0.1, -0.05) is 18.2 Å². The average molecular weight is 191 g/mol. The van der Waals surface area contributed by atoms with Crippen molar-refractivity contribution >= 4 is 5.91 Å². The highest BCUT2D eigenvalue weighted by atomic mass is 16.5. The van der Waals surface area contributed by atoms with Crippen molar-refractivity contribution in [3.63, 3.8) is 0 Å². The molecular weight excluding hydrogens is 178 g/mol. The predicted octanol–water partition coefficient (Wildman–Crippen LogP) is 1.30. The summed E-state index contributed by atoms with van der Waals surface area (Å²) in [6, 6.07) is 7.86. The molecule has 0 spiro atoms. The molecule has 0 saturated carbocycles. The molecule has 0 unspecified atom stereocenters. The van der Waals surface area contributed by atoms with E-state index < -0.39 is 0 Å². The Labute approximate surface area is 83.1 Å². The molecule has 3 heteroatoms. The van der Waals surface area contributed by atoms with Crippen molar-refractivity contribution < 1.29 is 9.53 Å². The Morgan fingerprint density at radius 2 is 2.21 bits per heavy atom. The number of para-hydroxylation sites is 1. The van der Waals surface area contributed by atoms with Gasteiger partial charge in [-0.05, 0) is 11.6 Å². The molecule has 1 aromatic carbocycles. The lowest BCUT2D eigenvalue weighted by atomic mass is 9.97. The first kappa shape index (κ1) is 9.06. The van der Waals surface area contributed by atoms with Gasteiger partial charge in [-0.2, -0.15) is 0 Å². The number of nitrogens with one attached hydrogen (secondary N) is 1. The van der Waals surface area contributed by atoms with Crippen molar-refractivity contribution in [2.24, 2.45) is 0 Å². The molecule has 1 aromatic rings. The molecule has 1 amide bonds. The van der Waals surface area contributed by atoms with E-state index in [2.05, 4.69) is 5.32 Å². The molecule has 3 nitrogen and oxygen atoms in total. The molecule has 1 saturated heterocycles. The maximum atomic E-state index is 11.1. The standard InChI is InChI=1S/C11H13NO2/c1-14-10-5-3-2-4-9(10)8-6-11(13)12-7-8/h2-5,8H,6-7H2,1H3,(H,12,13)/t8-/m0/s1. The van der Waals surface area contributed by atoms with Crippen LogP contribution in [0.15, 0.2) is 24.3 Å². The first-order valence-corrected chi connectivity index (χ1v) is 4.71. The second-order valence-electron chi connectivity index (χ2n) is 3.45. The van der Waals surface area contributed by atoms with Gasteiger partial charge in [0.1, 0.15) is 5.75 Å². The van der Waals surface area contributed by atoms with Gasteiger partial charge >= 0.3 is 0 Å². The van der Waals surface area contributed by atoms with Crippen LogP contribution in [0.4, 0.5) is 0 Å². The lowest BCUT2D eigenvalue weighted by molar-refractivity contribution is -0.119. The Balaban J connectivity index is 2.27. The Kier molecular flexibility index (Phi) is 2.39. The highest BCUT2D eigenvalue weighted by Gasteiger charge is 2.24. The molecule has 1 aliphatic heterocycles. The third-order valence-corrected chi connectivity index (χ3v) is 2.56. The molecule has 0 aliphatic carbocycles. The number of hydrogen-bond acceptors (Lipinski definition) is 2. The van der Waals surface area contributed by atoms with E-state index in [-0.39, 0.29) is 11.8 Å². The van der Waals surface area contributed by atoms with Crippen molar-refractivity contribution in [1.82, 2.24) is 5.32 Å². The Bertz CT molecular complexity index is 349. The van der Waals surface area contributed by atoms with Crippen LogP contribution < -0.4 is 10.1 Å². The Morgan fingerprint density at radius 3 is 2.86 bits per heavy atom. The van der Waals surface area contributed by atoms with Crippen LogP contribution >= 0.6 is 0 Å². The third-order valence-electron chi connectivity index (χ3n) is 2.56. The van der Waals surface area contributed by atoms with Gasteiger partial charge in [0.25, 0.3) is 0 Å². The van der Waals surface area contributed by atoms with Crippen LogP contribution in [0.5, 0.6) is 5.75 Å². The topological polar surface area (TPSA) is 38.3 Å². The number of amides is 1. The quantitative estimate of drug-likeness (QED) is 0.765. The zero-order valence-corrected chi connectivity index (χ0v) is 8.12. The minimum absolute atomic E-state index is 0.126. The van der Waals surface area contributed by atoms with Crippen LogP contribution in [0.3, 0.4) is 0 Å². The second kappa shape index (κ2) is 3.70. The van der Waals surface area contributed by atoms with E-state index in [1.165, 1.54) is 0 Å². The van der Waals surface area contributed by atoms with Crippen molar-refractivity contribution in [3.8, 4) is 5.75 Å². The van der Waals surface area contributed by atoms with Gasteiger partial charge in [-0.25, -0.2) is 0 Å². The van der Waals surface area contributed by atoms with Crippen LogP contribution in [-0.4, -0.2) is 19.6 Å². The molecule has 0 radical (unpaired) electrons. The number of hydrogen-bond donors (Lipinski definition) is 1. The summed E-state index contributed by atoms with van der Waals surface area (Å²) in [5, 5.41) is 2.82. The normalized spacial score (nSPS) is 20.6. The maximum absolute atomic E-state index is 11.1. The molecular formula is C11H13NO2. The van der Waals surface area contributed by atoms with Gasteiger partial charge < -0.3 is 10.1 Å². The molecule has 2 rings (SSSR count). The fraction of sp³-hybridized carbons (Fsp3) is 0.364. The number of benzene rings is 1. The molecule has 14 heavy (non-hydrogen) atoms. The van der Waals surface area contributed by atoms with Gasteiger partial charge in [0, 0.05) is 18.9 Å². The predicted molar refractivity (Wildman–Crippen MR) is 53.4 cm³/mol. The summed E-state index contributed by atoms with van der Waals surface area (Å²) < 4.78 is 5.25. The highest BCUT2D eigenvalue weighted by Crippen LogP contribution is 2.30. The van der Waals surface area contributed by atoms with Crippen molar-refractivity contribution in [2.75, 3.05) is 13.7 Å². The van der Waals surface area contributed by atoms with E-state index in [0.29, 0.717) is 6.42 Å². The lowest BCUT2D eigenvalue weighted by Gasteiger charge is -2.12. The fourth-order valence-corrected chi connectivity index (χ4v) is 1.83. The third kappa shape index (κ3) is 1.58. The molecule has 1 N–H and O–H groups in total. The molecule has 1 heterocycles.